The van der Waals surface area contributed by atoms with E-state index < -0.39 is 10.8 Å². The van der Waals surface area contributed by atoms with E-state index in [-0.39, 0.29) is 5.82 Å². The normalized spacial score (nSPS) is 22.6. The van der Waals surface area contributed by atoms with Gasteiger partial charge in [-0.15, -0.1) is 0 Å². The third kappa shape index (κ3) is 1.94. The minimum absolute atomic E-state index is 0.224. The lowest BCUT2D eigenvalue weighted by atomic mass is 10.1. The molecule has 1 atom stereocenters. The molecular weight excluding hydrogens is 418 g/mol. The van der Waals surface area contributed by atoms with Gasteiger partial charge in [0.1, 0.15) is 5.82 Å². The van der Waals surface area contributed by atoms with Crippen molar-refractivity contribution in [3.8, 4) is 0 Å². The number of hydrogen-bond donors (Lipinski definition) is 0. The van der Waals surface area contributed by atoms with Crippen molar-refractivity contribution in [3.05, 3.63) is 36.6 Å². The van der Waals surface area contributed by atoms with Crippen LogP contribution in [-0.2, 0) is 17.2 Å². The first kappa shape index (κ1) is 12.3. The van der Waals surface area contributed by atoms with E-state index in [9.17, 15) is 8.60 Å². The standard InChI is InChI=1S/C12H9BrFIOS/c13-12-9(14)4-10(15)7-3-6-1-2-17(16)5-8(6)11(7)12/h4H,1-3,5H2. The molecule has 5 heteroatoms. The SMILES string of the molecule is O=S1CCC2=C(C1)c1c(Br)c(F)cc(I)c1C2. The van der Waals surface area contributed by atoms with Gasteiger partial charge in [-0.2, -0.15) is 0 Å². The van der Waals surface area contributed by atoms with E-state index in [2.05, 4.69) is 38.5 Å². The fourth-order valence-electron chi connectivity index (χ4n) is 2.50. The van der Waals surface area contributed by atoms with Crippen molar-refractivity contribution in [2.75, 3.05) is 11.5 Å². The smallest absolute Gasteiger partial charge is 0.139 e. The number of benzene rings is 1. The van der Waals surface area contributed by atoms with Crippen LogP contribution in [0.25, 0.3) is 5.57 Å². The molecular formula is C12H9BrFIOS. The molecule has 1 aromatic carbocycles. The lowest BCUT2D eigenvalue weighted by Crippen LogP contribution is -2.11. The summed E-state index contributed by atoms with van der Waals surface area (Å²) in [5.41, 5.74) is 4.64. The van der Waals surface area contributed by atoms with Crippen LogP contribution in [-0.4, -0.2) is 15.7 Å². The second-order valence-corrected chi connectivity index (χ2v) is 7.84. The van der Waals surface area contributed by atoms with Crippen LogP contribution >= 0.6 is 38.5 Å². The zero-order chi connectivity index (χ0) is 12.2. The number of rotatable bonds is 0. The molecule has 1 nitrogen and oxygen atoms in total. The van der Waals surface area contributed by atoms with E-state index >= 15 is 0 Å². The van der Waals surface area contributed by atoms with E-state index in [0.29, 0.717) is 10.2 Å². The number of halogens is 3. The average Bonchev–Trinajstić information content (AvgIpc) is 2.65. The molecule has 0 amide bonds. The maximum atomic E-state index is 13.7. The monoisotopic (exact) mass is 426 g/mol. The number of allylic oxidation sites excluding steroid dienone is 1. The third-order valence-corrected chi connectivity index (χ3v) is 6.34. The minimum Gasteiger partial charge on any atom is -0.259 e. The van der Waals surface area contributed by atoms with Crippen molar-refractivity contribution in [2.24, 2.45) is 0 Å². The van der Waals surface area contributed by atoms with Gasteiger partial charge >= 0.3 is 0 Å². The Morgan fingerprint density at radius 3 is 3.00 bits per heavy atom. The lowest BCUT2D eigenvalue weighted by Gasteiger charge is -2.15. The van der Waals surface area contributed by atoms with Crippen LogP contribution in [0.4, 0.5) is 4.39 Å². The van der Waals surface area contributed by atoms with E-state index in [0.717, 1.165) is 33.3 Å². The summed E-state index contributed by atoms with van der Waals surface area (Å²) in [4.78, 5) is 0. The third-order valence-electron chi connectivity index (χ3n) is 3.33. The van der Waals surface area contributed by atoms with Gasteiger partial charge < -0.3 is 0 Å². The lowest BCUT2D eigenvalue weighted by molar-refractivity contribution is 0.619. The molecule has 0 bridgehead atoms. The molecule has 1 unspecified atom stereocenters. The van der Waals surface area contributed by atoms with Crippen molar-refractivity contribution in [1.82, 2.24) is 0 Å². The quantitative estimate of drug-likeness (QED) is 0.457. The summed E-state index contributed by atoms with van der Waals surface area (Å²) in [6, 6.07) is 1.57. The molecule has 1 aliphatic carbocycles. The van der Waals surface area contributed by atoms with Crippen LogP contribution in [0.2, 0.25) is 0 Å². The molecule has 1 aromatic rings. The molecule has 17 heavy (non-hydrogen) atoms. The molecule has 0 fully saturated rings. The van der Waals surface area contributed by atoms with Crippen molar-refractivity contribution < 1.29 is 8.60 Å². The van der Waals surface area contributed by atoms with Crippen molar-refractivity contribution in [2.45, 2.75) is 12.8 Å². The highest BCUT2D eigenvalue weighted by Gasteiger charge is 2.30. The summed E-state index contributed by atoms with van der Waals surface area (Å²) in [5, 5.41) is 0. The second-order valence-electron chi connectivity index (χ2n) is 4.30. The van der Waals surface area contributed by atoms with Gasteiger partial charge in [0, 0.05) is 31.4 Å². The van der Waals surface area contributed by atoms with Crippen LogP contribution in [0.1, 0.15) is 17.5 Å². The topological polar surface area (TPSA) is 17.1 Å². The van der Waals surface area contributed by atoms with Gasteiger partial charge in [-0.25, -0.2) is 4.39 Å². The van der Waals surface area contributed by atoms with Crippen LogP contribution in [0.5, 0.6) is 0 Å². The second kappa shape index (κ2) is 4.42. The summed E-state index contributed by atoms with van der Waals surface area (Å²) < 4.78 is 26.9. The van der Waals surface area contributed by atoms with E-state index in [1.807, 2.05) is 0 Å². The highest BCUT2D eigenvalue weighted by atomic mass is 127. The van der Waals surface area contributed by atoms with Crippen molar-refractivity contribution in [1.29, 1.82) is 0 Å². The van der Waals surface area contributed by atoms with E-state index in [4.69, 9.17) is 0 Å². The van der Waals surface area contributed by atoms with E-state index in [1.165, 1.54) is 11.1 Å². The van der Waals surface area contributed by atoms with E-state index in [1.54, 1.807) is 6.07 Å². The van der Waals surface area contributed by atoms with Crippen LogP contribution < -0.4 is 0 Å². The predicted octanol–water partition coefficient (Wildman–Crippen LogP) is 3.65. The Hall–Kier alpha value is 0.250. The molecule has 0 aromatic heterocycles. The van der Waals surface area contributed by atoms with Gasteiger partial charge in [0.15, 0.2) is 0 Å². The number of fused-ring (bicyclic) bond motifs is 2. The Morgan fingerprint density at radius 2 is 2.24 bits per heavy atom. The highest BCUT2D eigenvalue weighted by molar-refractivity contribution is 14.1. The van der Waals surface area contributed by atoms with Gasteiger partial charge in [-0.1, -0.05) is 5.57 Å². The molecule has 0 saturated carbocycles. The van der Waals surface area contributed by atoms with Gasteiger partial charge in [0.2, 0.25) is 0 Å². The molecule has 0 radical (unpaired) electrons. The molecule has 0 spiro atoms. The highest BCUT2D eigenvalue weighted by Crippen LogP contribution is 2.44. The predicted molar refractivity (Wildman–Crippen MR) is 79.9 cm³/mol. The Kier molecular flexibility index (Phi) is 3.19. The Labute approximate surface area is 124 Å². The van der Waals surface area contributed by atoms with Crippen LogP contribution in [0, 0.1) is 9.39 Å². The summed E-state index contributed by atoms with van der Waals surface area (Å²) >= 11 is 5.52. The Morgan fingerprint density at radius 1 is 1.47 bits per heavy atom. The molecule has 90 valence electrons. The molecule has 2 aliphatic rings. The molecule has 0 saturated heterocycles. The summed E-state index contributed by atoms with van der Waals surface area (Å²) in [6.07, 6.45) is 1.79. The van der Waals surface area contributed by atoms with Crippen molar-refractivity contribution in [3.63, 3.8) is 0 Å². The summed E-state index contributed by atoms with van der Waals surface area (Å²) in [5.74, 6) is 1.11. The zero-order valence-electron chi connectivity index (χ0n) is 8.86. The van der Waals surface area contributed by atoms with Gasteiger partial charge in [0.05, 0.1) is 4.47 Å². The molecule has 0 N–H and O–H groups in total. The maximum absolute atomic E-state index is 13.7. The fraction of sp³-hybridized carbons (Fsp3) is 0.333. The van der Waals surface area contributed by atoms with Crippen LogP contribution in [0.15, 0.2) is 16.1 Å². The summed E-state index contributed by atoms with van der Waals surface area (Å²) in [7, 11) is -0.783. The zero-order valence-corrected chi connectivity index (χ0v) is 13.4. The molecule has 1 aliphatic heterocycles. The van der Waals surface area contributed by atoms with Gasteiger partial charge in [-0.3, -0.25) is 4.21 Å². The summed E-state index contributed by atoms with van der Waals surface area (Å²) in [6.45, 7) is 0. The van der Waals surface area contributed by atoms with Crippen LogP contribution in [0.3, 0.4) is 0 Å². The first-order valence-electron chi connectivity index (χ1n) is 5.30. The minimum atomic E-state index is -0.783. The number of hydrogen-bond acceptors (Lipinski definition) is 1. The van der Waals surface area contributed by atoms with Gasteiger partial charge in [0.25, 0.3) is 0 Å². The Bertz CT molecular complexity index is 582. The Balaban J connectivity index is 2.23. The molecule has 1 heterocycles. The first-order valence-corrected chi connectivity index (χ1v) is 8.66. The fourth-order valence-corrected chi connectivity index (χ4v) is 5.12. The van der Waals surface area contributed by atoms with Gasteiger partial charge in [-0.05, 0) is 68.6 Å². The van der Waals surface area contributed by atoms with Crippen molar-refractivity contribution >= 4 is 54.9 Å². The average molecular weight is 427 g/mol. The largest absolute Gasteiger partial charge is 0.259 e. The maximum Gasteiger partial charge on any atom is 0.139 e. The molecule has 3 rings (SSSR count). The first-order chi connectivity index (χ1) is 8.08.